The van der Waals surface area contributed by atoms with Crippen molar-refractivity contribution < 1.29 is 22.7 Å². The van der Waals surface area contributed by atoms with Crippen LogP contribution in [0.4, 0.5) is 5.69 Å². The van der Waals surface area contributed by atoms with E-state index in [2.05, 4.69) is 5.32 Å². The van der Waals surface area contributed by atoms with E-state index in [1.54, 1.807) is 0 Å². The summed E-state index contributed by atoms with van der Waals surface area (Å²) in [5.74, 6) is -0.611. The van der Waals surface area contributed by atoms with Crippen LogP contribution in [0.15, 0.2) is 29.2 Å². The van der Waals surface area contributed by atoms with Gasteiger partial charge in [-0.2, -0.15) is 0 Å². The van der Waals surface area contributed by atoms with Gasteiger partial charge in [0.2, 0.25) is 10.0 Å². The fourth-order valence-electron chi connectivity index (χ4n) is 1.82. The van der Waals surface area contributed by atoms with Crippen LogP contribution in [0.2, 0.25) is 0 Å². The van der Waals surface area contributed by atoms with Gasteiger partial charge < -0.3 is 10.1 Å². The van der Waals surface area contributed by atoms with Crippen molar-refractivity contribution in [2.24, 2.45) is 17.0 Å². The molecular formula is C13H16N2O5S. The Kier molecular flexibility index (Phi) is 4.29. The quantitative estimate of drug-likeness (QED) is 0.767. The minimum atomic E-state index is -3.76. The van der Waals surface area contributed by atoms with E-state index < -0.39 is 15.9 Å². The molecule has 7 nitrogen and oxygen atoms in total. The summed E-state index contributed by atoms with van der Waals surface area (Å²) in [4.78, 5) is 23.0. The van der Waals surface area contributed by atoms with Crippen molar-refractivity contribution in [1.82, 2.24) is 0 Å². The van der Waals surface area contributed by atoms with Crippen LogP contribution < -0.4 is 10.5 Å². The average Bonchev–Trinajstić information content (AvgIpc) is 3.13. The number of hydrogen-bond donors (Lipinski definition) is 2. The zero-order valence-corrected chi connectivity index (χ0v) is 12.2. The van der Waals surface area contributed by atoms with E-state index in [0.717, 1.165) is 6.42 Å². The van der Waals surface area contributed by atoms with Crippen molar-refractivity contribution in [3.8, 4) is 0 Å². The van der Waals surface area contributed by atoms with Crippen molar-refractivity contribution in [2.75, 3.05) is 11.9 Å². The molecule has 0 bridgehead atoms. The molecule has 0 unspecified atom stereocenters. The molecule has 1 aromatic carbocycles. The number of carbonyl (C=O) groups excluding carboxylic acids is 2. The third-order valence-corrected chi connectivity index (χ3v) is 4.15. The number of benzene rings is 1. The number of primary sulfonamides is 1. The zero-order chi connectivity index (χ0) is 15.6. The Morgan fingerprint density at radius 3 is 2.38 bits per heavy atom. The molecule has 0 aliphatic heterocycles. The van der Waals surface area contributed by atoms with E-state index in [0.29, 0.717) is 11.6 Å². The molecule has 1 aliphatic carbocycles. The van der Waals surface area contributed by atoms with Gasteiger partial charge in [-0.15, -0.1) is 0 Å². The number of carbonyl (C=O) groups is 2. The first kappa shape index (κ1) is 15.5. The van der Waals surface area contributed by atoms with E-state index in [4.69, 9.17) is 9.88 Å². The second-order valence-corrected chi connectivity index (χ2v) is 6.61. The lowest BCUT2D eigenvalue weighted by molar-refractivity contribution is -0.148. The first-order valence-electron chi connectivity index (χ1n) is 6.36. The smallest absolute Gasteiger partial charge is 0.309 e. The first-order valence-corrected chi connectivity index (χ1v) is 7.91. The highest BCUT2D eigenvalue weighted by Crippen LogP contribution is 2.38. The Hall–Kier alpha value is -1.93. The molecule has 1 fully saturated rings. The Balaban J connectivity index is 1.84. The lowest BCUT2D eigenvalue weighted by Gasteiger charge is -2.07. The summed E-state index contributed by atoms with van der Waals surface area (Å²) in [7, 11) is -3.76. The molecule has 114 valence electrons. The standard InChI is InChI=1S/C13H16N2O5S/c1-8-6-11(8)13(17)20-7-12(16)15-9-2-4-10(5-3-9)21(14,18)19/h2-5,8,11H,6-7H2,1H3,(H,15,16)(H2,14,18,19)/t8-,11-/m1/s1. The van der Waals surface area contributed by atoms with Crippen molar-refractivity contribution in [1.29, 1.82) is 0 Å². The third kappa shape index (κ3) is 4.27. The second kappa shape index (κ2) is 5.82. The molecule has 0 aromatic heterocycles. The molecule has 2 rings (SSSR count). The fourth-order valence-corrected chi connectivity index (χ4v) is 2.33. The van der Waals surface area contributed by atoms with Gasteiger partial charge in [-0.25, -0.2) is 13.6 Å². The number of anilines is 1. The molecular weight excluding hydrogens is 296 g/mol. The summed E-state index contributed by atoms with van der Waals surface area (Å²) >= 11 is 0. The van der Waals surface area contributed by atoms with Crippen molar-refractivity contribution >= 4 is 27.6 Å². The summed E-state index contributed by atoms with van der Waals surface area (Å²) in [5.41, 5.74) is 0.392. The largest absolute Gasteiger partial charge is 0.455 e. The van der Waals surface area contributed by atoms with Gasteiger partial charge in [-0.3, -0.25) is 9.59 Å². The lowest BCUT2D eigenvalue weighted by atomic mass is 10.3. The lowest BCUT2D eigenvalue weighted by Crippen LogP contribution is -2.21. The maximum Gasteiger partial charge on any atom is 0.309 e. The Labute approximate surface area is 122 Å². The second-order valence-electron chi connectivity index (χ2n) is 5.04. The maximum absolute atomic E-state index is 11.6. The van der Waals surface area contributed by atoms with Crippen LogP contribution in [-0.2, 0) is 24.3 Å². The van der Waals surface area contributed by atoms with Gasteiger partial charge in [0.25, 0.3) is 5.91 Å². The van der Waals surface area contributed by atoms with Gasteiger partial charge in [0, 0.05) is 5.69 Å². The topological polar surface area (TPSA) is 116 Å². The minimum Gasteiger partial charge on any atom is -0.455 e. The molecule has 1 saturated carbocycles. The van der Waals surface area contributed by atoms with E-state index in [1.807, 2.05) is 6.92 Å². The van der Waals surface area contributed by atoms with Crippen molar-refractivity contribution in [3.63, 3.8) is 0 Å². The van der Waals surface area contributed by atoms with Gasteiger partial charge >= 0.3 is 5.97 Å². The Bertz CT molecular complexity index is 654. The van der Waals surface area contributed by atoms with Gasteiger partial charge in [-0.05, 0) is 36.6 Å². The normalized spacial score (nSPS) is 20.7. The number of rotatable bonds is 5. The van der Waals surface area contributed by atoms with E-state index >= 15 is 0 Å². The number of nitrogens with two attached hydrogens (primary N) is 1. The molecule has 1 aliphatic rings. The molecule has 0 radical (unpaired) electrons. The van der Waals surface area contributed by atoms with Crippen LogP contribution in [0.3, 0.4) is 0 Å². The Morgan fingerprint density at radius 2 is 1.90 bits per heavy atom. The van der Waals surface area contributed by atoms with Crippen LogP contribution >= 0.6 is 0 Å². The van der Waals surface area contributed by atoms with Crippen LogP contribution in [0, 0.1) is 11.8 Å². The maximum atomic E-state index is 11.6. The van der Waals surface area contributed by atoms with Gasteiger partial charge in [0.15, 0.2) is 6.61 Å². The zero-order valence-electron chi connectivity index (χ0n) is 11.4. The first-order chi connectivity index (χ1) is 9.77. The number of esters is 1. The summed E-state index contributed by atoms with van der Waals surface area (Å²) < 4.78 is 27.0. The highest BCUT2D eigenvalue weighted by Gasteiger charge is 2.40. The summed E-state index contributed by atoms with van der Waals surface area (Å²) in [6.07, 6.45) is 0.801. The Morgan fingerprint density at radius 1 is 1.33 bits per heavy atom. The molecule has 21 heavy (non-hydrogen) atoms. The SMILES string of the molecule is C[C@@H]1C[C@H]1C(=O)OCC(=O)Nc1ccc(S(N)(=O)=O)cc1. The summed E-state index contributed by atoms with van der Waals surface area (Å²) in [5, 5.41) is 7.46. The molecule has 8 heteroatoms. The monoisotopic (exact) mass is 312 g/mol. The van der Waals surface area contributed by atoms with Gasteiger partial charge in [-0.1, -0.05) is 6.92 Å². The van der Waals surface area contributed by atoms with E-state index in [-0.39, 0.29) is 23.4 Å². The molecule has 0 spiro atoms. The molecule has 2 atom stereocenters. The van der Waals surface area contributed by atoms with Gasteiger partial charge in [0.1, 0.15) is 0 Å². The van der Waals surface area contributed by atoms with E-state index in [9.17, 15) is 18.0 Å². The molecule has 1 amide bonds. The average molecular weight is 312 g/mol. The van der Waals surface area contributed by atoms with Crippen molar-refractivity contribution in [2.45, 2.75) is 18.2 Å². The minimum absolute atomic E-state index is 0.0466. The predicted octanol–water partition coefficient (Wildman–Crippen LogP) is 0.472. The molecule has 1 aromatic rings. The predicted molar refractivity (Wildman–Crippen MR) is 74.7 cm³/mol. The van der Waals surface area contributed by atoms with Crippen LogP contribution in [-0.4, -0.2) is 26.9 Å². The molecule has 0 heterocycles. The number of nitrogens with one attached hydrogen (secondary N) is 1. The number of sulfonamides is 1. The van der Waals surface area contributed by atoms with E-state index in [1.165, 1.54) is 24.3 Å². The molecule has 3 N–H and O–H groups in total. The fraction of sp³-hybridized carbons (Fsp3) is 0.385. The number of amides is 1. The number of ether oxygens (including phenoxy) is 1. The number of hydrogen-bond acceptors (Lipinski definition) is 5. The highest BCUT2D eigenvalue weighted by atomic mass is 32.2. The van der Waals surface area contributed by atoms with Crippen LogP contribution in [0.25, 0.3) is 0 Å². The van der Waals surface area contributed by atoms with Gasteiger partial charge in [0.05, 0.1) is 10.8 Å². The third-order valence-electron chi connectivity index (χ3n) is 3.22. The van der Waals surface area contributed by atoms with Crippen molar-refractivity contribution in [3.05, 3.63) is 24.3 Å². The molecule has 0 saturated heterocycles. The van der Waals surface area contributed by atoms with Crippen LogP contribution in [0.5, 0.6) is 0 Å². The summed E-state index contributed by atoms with van der Waals surface area (Å²) in [6.45, 7) is 1.58. The summed E-state index contributed by atoms with van der Waals surface area (Å²) in [6, 6.07) is 5.37. The highest BCUT2D eigenvalue weighted by molar-refractivity contribution is 7.89. The van der Waals surface area contributed by atoms with Crippen LogP contribution in [0.1, 0.15) is 13.3 Å².